The van der Waals surface area contributed by atoms with E-state index in [1.807, 2.05) is 6.07 Å². The molecule has 0 aliphatic rings. The van der Waals surface area contributed by atoms with Crippen LogP contribution in [-0.2, 0) is 13.2 Å². The number of nitriles is 1. The molecule has 0 fully saturated rings. The minimum atomic E-state index is -4.68. The average Bonchev–Trinajstić information content (AvgIpc) is 2.80. The molecule has 0 aliphatic heterocycles. The quantitative estimate of drug-likeness (QED) is 0.778. The standard InChI is InChI=1S/C15H13F4N3/c1-8(2)10-4-9(6-20)11(5-13(10)16)12-7-22(3)21-14(12)15(17,18)19/h4-5,7-8H,1-3H3. The molecule has 0 amide bonds. The highest BCUT2D eigenvalue weighted by atomic mass is 19.4. The van der Waals surface area contributed by atoms with Crippen LogP contribution >= 0.6 is 0 Å². The highest BCUT2D eigenvalue weighted by Crippen LogP contribution is 2.38. The van der Waals surface area contributed by atoms with Crippen LogP contribution < -0.4 is 0 Å². The summed E-state index contributed by atoms with van der Waals surface area (Å²) in [5.74, 6) is -0.821. The fourth-order valence-electron chi connectivity index (χ4n) is 2.24. The van der Waals surface area contributed by atoms with Crippen molar-refractivity contribution in [1.82, 2.24) is 9.78 Å². The van der Waals surface area contributed by atoms with Crippen molar-refractivity contribution in [2.24, 2.45) is 7.05 Å². The maximum absolute atomic E-state index is 14.1. The number of nitrogens with zero attached hydrogens (tertiary/aromatic N) is 3. The van der Waals surface area contributed by atoms with E-state index >= 15 is 0 Å². The Morgan fingerprint density at radius 1 is 1.23 bits per heavy atom. The van der Waals surface area contributed by atoms with Gasteiger partial charge in [0.2, 0.25) is 0 Å². The number of hydrogen-bond acceptors (Lipinski definition) is 2. The van der Waals surface area contributed by atoms with Crippen LogP contribution in [0.5, 0.6) is 0 Å². The number of halogens is 4. The SMILES string of the molecule is CC(C)c1cc(C#N)c(-c2cn(C)nc2C(F)(F)F)cc1F. The molecule has 2 aromatic rings. The van der Waals surface area contributed by atoms with E-state index < -0.39 is 17.7 Å². The van der Waals surface area contributed by atoms with Gasteiger partial charge in [0.05, 0.1) is 11.6 Å². The summed E-state index contributed by atoms with van der Waals surface area (Å²) in [4.78, 5) is 0. The molecule has 0 saturated carbocycles. The Balaban J connectivity index is 2.74. The van der Waals surface area contributed by atoms with Crippen LogP contribution in [0.1, 0.15) is 36.6 Å². The normalized spacial score (nSPS) is 11.8. The number of hydrogen-bond donors (Lipinski definition) is 0. The van der Waals surface area contributed by atoms with Crippen molar-refractivity contribution in [3.05, 3.63) is 41.0 Å². The van der Waals surface area contributed by atoms with Gasteiger partial charge in [-0.2, -0.15) is 23.5 Å². The Labute approximate surface area is 124 Å². The van der Waals surface area contributed by atoms with E-state index in [0.717, 1.165) is 16.9 Å². The van der Waals surface area contributed by atoms with Crippen molar-refractivity contribution in [2.75, 3.05) is 0 Å². The lowest BCUT2D eigenvalue weighted by molar-refractivity contribution is -0.140. The molecule has 0 radical (unpaired) electrons. The van der Waals surface area contributed by atoms with Gasteiger partial charge >= 0.3 is 6.18 Å². The zero-order chi connectivity index (χ0) is 16.7. The second-order valence-corrected chi connectivity index (χ2v) is 5.25. The number of aromatic nitrogens is 2. The second-order valence-electron chi connectivity index (χ2n) is 5.25. The van der Waals surface area contributed by atoms with Crippen LogP contribution in [0.25, 0.3) is 11.1 Å². The number of benzene rings is 1. The summed E-state index contributed by atoms with van der Waals surface area (Å²) in [6.45, 7) is 3.48. The maximum atomic E-state index is 14.1. The molecule has 1 aromatic carbocycles. The molecule has 0 unspecified atom stereocenters. The summed E-state index contributed by atoms with van der Waals surface area (Å²) in [6, 6.07) is 4.10. The lowest BCUT2D eigenvalue weighted by Gasteiger charge is -2.12. The van der Waals surface area contributed by atoms with Gasteiger partial charge in [-0.1, -0.05) is 13.8 Å². The van der Waals surface area contributed by atoms with E-state index in [2.05, 4.69) is 5.10 Å². The molecule has 3 nitrogen and oxygen atoms in total. The van der Waals surface area contributed by atoms with Crippen LogP contribution in [0, 0.1) is 17.1 Å². The largest absolute Gasteiger partial charge is 0.435 e. The first kappa shape index (κ1) is 16.0. The van der Waals surface area contributed by atoms with Gasteiger partial charge < -0.3 is 0 Å². The number of aryl methyl sites for hydroxylation is 1. The van der Waals surface area contributed by atoms with Crippen molar-refractivity contribution in [3.63, 3.8) is 0 Å². The first-order chi connectivity index (χ1) is 10.1. The van der Waals surface area contributed by atoms with Crippen LogP contribution in [0.2, 0.25) is 0 Å². The van der Waals surface area contributed by atoms with Crippen molar-refractivity contribution in [2.45, 2.75) is 25.9 Å². The summed E-state index contributed by atoms with van der Waals surface area (Å²) in [6.07, 6.45) is -3.55. The molecule has 2 rings (SSSR count). The third-order valence-corrected chi connectivity index (χ3v) is 3.27. The van der Waals surface area contributed by atoms with Crippen LogP contribution in [0.3, 0.4) is 0 Å². The third kappa shape index (κ3) is 2.82. The molecule has 1 aromatic heterocycles. The monoisotopic (exact) mass is 311 g/mol. The summed E-state index contributed by atoms with van der Waals surface area (Å²) in [5.41, 5.74) is -1.27. The van der Waals surface area contributed by atoms with E-state index in [9.17, 15) is 22.8 Å². The van der Waals surface area contributed by atoms with Crippen molar-refractivity contribution < 1.29 is 17.6 Å². The van der Waals surface area contributed by atoms with E-state index in [-0.39, 0.29) is 28.2 Å². The maximum Gasteiger partial charge on any atom is 0.435 e. The summed E-state index contributed by atoms with van der Waals surface area (Å²) >= 11 is 0. The number of alkyl halides is 3. The lowest BCUT2D eigenvalue weighted by Crippen LogP contribution is -2.09. The van der Waals surface area contributed by atoms with Crippen molar-refractivity contribution in [1.29, 1.82) is 5.26 Å². The van der Waals surface area contributed by atoms with E-state index in [1.54, 1.807) is 13.8 Å². The molecular formula is C15H13F4N3. The first-order valence-corrected chi connectivity index (χ1v) is 6.50. The molecule has 116 valence electrons. The zero-order valence-electron chi connectivity index (χ0n) is 12.2. The molecular weight excluding hydrogens is 298 g/mol. The average molecular weight is 311 g/mol. The zero-order valence-corrected chi connectivity index (χ0v) is 12.2. The van der Waals surface area contributed by atoms with Gasteiger partial charge in [-0.25, -0.2) is 4.39 Å². The van der Waals surface area contributed by atoms with Crippen molar-refractivity contribution in [3.8, 4) is 17.2 Å². The Morgan fingerprint density at radius 2 is 1.86 bits per heavy atom. The first-order valence-electron chi connectivity index (χ1n) is 6.50. The van der Waals surface area contributed by atoms with Gasteiger partial charge in [-0.3, -0.25) is 4.68 Å². The molecule has 0 N–H and O–H groups in total. The van der Waals surface area contributed by atoms with Crippen LogP contribution in [0.15, 0.2) is 18.3 Å². The molecule has 0 spiro atoms. The van der Waals surface area contributed by atoms with Gasteiger partial charge in [-0.05, 0) is 23.6 Å². The van der Waals surface area contributed by atoms with Gasteiger partial charge in [0, 0.05) is 24.4 Å². The van der Waals surface area contributed by atoms with E-state index in [1.165, 1.54) is 13.1 Å². The summed E-state index contributed by atoms with van der Waals surface area (Å²) < 4.78 is 54.2. The summed E-state index contributed by atoms with van der Waals surface area (Å²) in [7, 11) is 1.34. The molecule has 0 aliphatic carbocycles. The Bertz CT molecular complexity index is 751. The van der Waals surface area contributed by atoms with Gasteiger partial charge in [0.25, 0.3) is 0 Å². The number of rotatable bonds is 2. The highest BCUT2D eigenvalue weighted by Gasteiger charge is 2.38. The van der Waals surface area contributed by atoms with E-state index in [0.29, 0.717) is 0 Å². The Kier molecular flexibility index (Phi) is 3.96. The van der Waals surface area contributed by atoms with Gasteiger partial charge in [0.15, 0.2) is 5.69 Å². The van der Waals surface area contributed by atoms with Crippen LogP contribution in [0.4, 0.5) is 17.6 Å². The van der Waals surface area contributed by atoms with Gasteiger partial charge in [0.1, 0.15) is 5.82 Å². The molecule has 22 heavy (non-hydrogen) atoms. The minimum absolute atomic E-state index is 0.0106. The van der Waals surface area contributed by atoms with E-state index in [4.69, 9.17) is 0 Å². The summed E-state index contributed by atoms with van der Waals surface area (Å²) in [5, 5.41) is 12.6. The second kappa shape index (κ2) is 5.44. The highest BCUT2D eigenvalue weighted by molar-refractivity contribution is 5.73. The molecule has 0 atom stereocenters. The predicted molar refractivity (Wildman–Crippen MR) is 72.4 cm³/mol. The molecule has 7 heteroatoms. The molecule has 1 heterocycles. The fourth-order valence-corrected chi connectivity index (χ4v) is 2.24. The predicted octanol–water partition coefficient (Wildman–Crippen LogP) is 4.24. The minimum Gasteiger partial charge on any atom is -0.275 e. The smallest absolute Gasteiger partial charge is 0.275 e. The Hall–Kier alpha value is -2.36. The molecule has 0 saturated heterocycles. The fraction of sp³-hybridized carbons (Fsp3) is 0.333. The van der Waals surface area contributed by atoms with Crippen molar-refractivity contribution >= 4 is 0 Å². The topological polar surface area (TPSA) is 41.6 Å². The third-order valence-electron chi connectivity index (χ3n) is 3.27. The lowest BCUT2D eigenvalue weighted by atomic mass is 9.93. The molecule has 0 bridgehead atoms. The Morgan fingerprint density at radius 3 is 2.36 bits per heavy atom. The van der Waals surface area contributed by atoms with Crippen LogP contribution in [-0.4, -0.2) is 9.78 Å². The van der Waals surface area contributed by atoms with Gasteiger partial charge in [-0.15, -0.1) is 0 Å².